The molecule has 1 heterocycles. The Hall–Kier alpha value is -1.39. The van der Waals surface area contributed by atoms with Crippen molar-refractivity contribution in [3.8, 4) is 0 Å². The van der Waals surface area contributed by atoms with Gasteiger partial charge in [0.15, 0.2) is 0 Å². The quantitative estimate of drug-likeness (QED) is 0.852. The number of ether oxygens (including phenoxy) is 1. The van der Waals surface area contributed by atoms with E-state index in [4.69, 9.17) is 4.74 Å². The van der Waals surface area contributed by atoms with Crippen LogP contribution in [0, 0.1) is 6.92 Å². The third-order valence-electron chi connectivity index (χ3n) is 3.02. The van der Waals surface area contributed by atoms with E-state index in [0.29, 0.717) is 12.6 Å². The molecule has 1 atom stereocenters. The number of methoxy groups -OCH3 is 1. The Bertz CT molecular complexity index is 492. The summed E-state index contributed by atoms with van der Waals surface area (Å²) in [6.45, 7) is 3.61. The molecule has 0 amide bonds. The molecule has 0 spiro atoms. The highest BCUT2D eigenvalue weighted by Crippen LogP contribution is 2.15. The van der Waals surface area contributed by atoms with Crippen molar-refractivity contribution in [3.63, 3.8) is 0 Å². The van der Waals surface area contributed by atoms with E-state index >= 15 is 0 Å². The second-order valence-corrected chi connectivity index (χ2v) is 4.20. The van der Waals surface area contributed by atoms with E-state index in [1.807, 2.05) is 32.2 Å². The van der Waals surface area contributed by atoms with Gasteiger partial charge in [0.05, 0.1) is 17.6 Å². The van der Waals surface area contributed by atoms with E-state index in [2.05, 4.69) is 20.9 Å². The van der Waals surface area contributed by atoms with Gasteiger partial charge < -0.3 is 14.6 Å². The minimum atomic E-state index is 0.302. The van der Waals surface area contributed by atoms with Gasteiger partial charge in [0.2, 0.25) is 0 Å². The molecule has 0 radical (unpaired) electrons. The van der Waals surface area contributed by atoms with Crippen molar-refractivity contribution < 1.29 is 4.74 Å². The number of nitrogens with one attached hydrogen (secondary N) is 1. The fraction of sp³-hybridized carbons (Fsp3) is 0.462. The number of hydrogen-bond donors (Lipinski definition) is 1. The average Bonchev–Trinajstić information content (AvgIpc) is 2.65. The molecule has 0 aliphatic carbocycles. The Morgan fingerprint density at radius 2 is 2.18 bits per heavy atom. The maximum atomic E-state index is 5.20. The van der Waals surface area contributed by atoms with Crippen LogP contribution in [0.5, 0.6) is 0 Å². The van der Waals surface area contributed by atoms with E-state index in [1.54, 1.807) is 7.11 Å². The Labute approximate surface area is 102 Å². The highest BCUT2D eigenvalue weighted by atomic mass is 16.5. The van der Waals surface area contributed by atoms with Crippen LogP contribution in [-0.4, -0.2) is 36.4 Å². The van der Waals surface area contributed by atoms with E-state index in [0.717, 1.165) is 17.9 Å². The zero-order valence-electron chi connectivity index (χ0n) is 10.6. The fourth-order valence-electron chi connectivity index (χ4n) is 2.08. The van der Waals surface area contributed by atoms with Gasteiger partial charge in [-0.1, -0.05) is 12.1 Å². The SMILES string of the molecule is CNC(COC)Cn1c(C)nc2ccccc21. The zero-order chi connectivity index (χ0) is 12.3. The number of aromatic nitrogens is 2. The Kier molecular flexibility index (Phi) is 3.76. The van der Waals surface area contributed by atoms with Crippen LogP contribution in [0.3, 0.4) is 0 Å². The molecular formula is C13H19N3O. The van der Waals surface area contributed by atoms with Crippen LogP contribution in [0.4, 0.5) is 0 Å². The number of rotatable bonds is 5. The van der Waals surface area contributed by atoms with Crippen LogP contribution >= 0.6 is 0 Å². The van der Waals surface area contributed by atoms with Crippen LogP contribution in [0.2, 0.25) is 0 Å². The number of likely N-dealkylation sites (N-methyl/N-ethyl adjacent to an activating group) is 1. The van der Waals surface area contributed by atoms with Crippen molar-refractivity contribution in [1.82, 2.24) is 14.9 Å². The zero-order valence-corrected chi connectivity index (χ0v) is 10.6. The molecule has 0 fully saturated rings. The molecule has 0 bridgehead atoms. The summed E-state index contributed by atoms with van der Waals surface area (Å²) in [5, 5.41) is 3.26. The predicted molar refractivity (Wildman–Crippen MR) is 69.2 cm³/mol. The Morgan fingerprint density at radius 3 is 2.88 bits per heavy atom. The van der Waals surface area contributed by atoms with E-state index < -0.39 is 0 Å². The van der Waals surface area contributed by atoms with Crippen LogP contribution in [0.25, 0.3) is 11.0 Å². The molecule has 0 aliphatic heterocycles. The third-order valence-corrected chi connectivity index (χ3v) is 3.02. The predicted octanol–water partition coefficient (Wildman–Crippen LogP) is 1.58. The number of nitrogens with zero attached hydrogens (tertiary/aromatic N) is 2. The maximum absolute atomic E-state index is 5.20. The number of imidazole rings is 1. The molecule has 4 nitrogen and oxygen atoms in total. The van der Waals surface area contributed by atoms with Crippen molar-refractivity contribution >= 4 is 11.0 Å². The summed E-state index contributed by atoms with van der Waals surface area (Å²) in [7, 11) is 3.68. The Morgan fingerprint density at radius 1 is 1.41 bits per heavy atom. The van der Waals surface area contributed by atoms with Crippen LogP contribution in [0.15, 0.2) is 24.3 Å². The lowest BCUT2D eigenvalue weighted by Gasteiger charge is -2.17. The first kappa shape index (κ1) is 12.1. The van der Waals surface area contributed by atoms with Gasteiger partial charge in [-0.2, -0.15) is 0 Å². The largest absolute Gasteiger partial charge is 0.383 e. The summed E-state index contributed by atoms with van der Waals surface area (Å²) >= 11 is 0. The Balaban J connectivity index is 2.31. The first-order valence-corrected chi connectivity index (χ1v) is 5.84. The first-order valence-electron chi connectivity index (χ1n) is 5.84. The lowest BCUT2D eigenvalue weighted by atomic mass is 10.3. The number of aryl methyl sites for hydroxylation is 1. The second kappa shape index (κ2) is 5.29. The van der Waals surface area contributed by atoms with Gasteiger partial charge in [0, 0.05) is 19.7 Å². The highest BCUT2D eigenvalue weighted by Gasteiger charge is 2.11. The monoisotopic (exact) mass is 233 g/mol. The molecule has 2 rings (SSSR count). The summed E-state index contributed by atoms with van der Waals surface area (Å²) in [6.07, 6.45) is 0. The molecule has 92 valence electrons. The molecule has 1 aromatic carbocycles. The summed E-state index contributed by atoms with van der Waals surface area (Å²) < 4.78 is 7.43. The van der Waals surface area contributed by atoms with Gasteiger partial charge in [0.1, 0.15) is 5.82 Å². The highest BCUT2D eigenvalue weighted by molar-refractivity contribution is 5.75. The molecule has 1 N–H and O–H groups in total. The number of benzene rings is 1. The van der Waals surface area contributed by atoms with Crippen LogP contribution in [0.1, 0.15) is 5.82 Å². The molecule has 1 aromatic heterocycles. The molecule has 2 aromatic rings. The van der Waals surface area contributed by atoms with E-state index in [9.17, 15) is 0 Å². The minimum absolute atomic E-state index is 0.302. The van der Waals surface area contributed by atoms with Gasteiger partial charge in [-0.3, -0.25) is 0 Å². The lowest BCUT2D eigenvalue weighted by Crippen LogP contribution is -2.34. The van der Waals surface area contributed by atoms with Crippen molar-refractivity contribution in [2.45, 2.75) is 19.5 Å². The topological polar surface area (TPSA) is 39.1 Å². The minimum Gasteiger partial charge on any atom is -0.383 e. The average molecular weight is 233 g/mol. The number of para-hydroxylation sites is 2. The van der Waals surface area contributed by atoms with Crippen molar-refractivity contribution in [1.29, 1.82) is 0 Å². The third kappa shape index (κ3) is 2.48. The fourth-order valence-corrected chi connectivity index (χ4v) is 2.08. The summed E-state index contributed by atoms with van der Waals surface area (Å²) in [6, 6.07) is 8.52. The summed E-state index contributed by atoms with van der Waals surface area (Å²) in [4.78, 5) is 4.55. The molecule has 4 heteroatoms. The standard InChI is InChI=1S/C13H19N3O/c1-10-15-12-6-4-5-7-13(12)16(10)8-11(14-2)9-17-3/h4-7,11,14H,8-9H2,1-3H3. The van der Waals surface area contributed by atoms with Crippen molar-refractivity contribution in [2.24, 2.45) is 0 Å². The molecule has 1 unspecified atom stereocenters. The van der Waals surface area contributed by atoms with Gasteiger partial charge in [0.25, 0.3) is 0 Å². The second-order valence-electron chi connectivity index (χ2n) is 4.20. The summed E-state index contributed by atoms with van der Waals surface area (Å²) in [5.41, 5.74) is 2.23. The molecule has 0 saturated carbocycles. The van der Waals surface area contributed by atoms with Crippen molar-refractivity contribution in [3.05, 3.63) is 30.1 Å². The van der Waals surface area contributed by atoms with Gasteiger partial charge in [-0.15, -0.1) is 0 Å². The smallest absolute Gasteiger partial charge is 0.106 e. The molecule has 0 saturated heterocycles. The van der Waals surface area contributed by atoms with Crippen molar-refractivity contribution in [2.75, 3.05) is 20.8 Å². The number of hydrogen-bond acceptors (Lipinski definition) is 3. The van der Waals surface area contributed by atoms with Crippen LogP contribution in [-0.2, 0) is 11.3 Å². The van der Waals surface area contributed by atoms with E-state index in [1.165, 1.54) is 5.52 Å². The van der Waals surface area contributed by atoms with Gasteiger partial charge in [-0.05, 0) is 26.1 Å². The normalized spacial score (nSPS) is 13.1. The number of fused-ring (bicyclic) bond motifs is 1. The molecular weight excluding hydrogens is 214 g/mol. The maximum Gasteiger partial charge on any atom is 0.106 e. The lowest BCUT2D eigenvalue weighted by molar-refractivity contribution is 0.162. The van der Waals surface area contributed by atoms with Gasteiger partial charge >= 0.3 is 0 Å². The van der Waals surface area contributed by atoms with E-state index in [-0.39, 0.29) is 0 Å². The summed E-state index contributed by atoms with van der Waals surface area (Å²) in [5.74, 6) is 1.04. The molecule has 17 heavy (non-hydrogen) atoms. The van der Waals surface area contributed by atoms with Gasteiger partial charge in [-0.25, -0.2) is 4.98 Å². The van der Waals surface area contributed by atoms with Crippen LogP contribution < -0.4 is 5.32 Å². The molecule has 0 aliphatic rings. The first-order chi connectivity index (χ1) is 8.26.